The lowest BCUT2D eigenvalue weighted by Crippen LogP contribution is -2.24. The second-order valence-electron chi connectivity index (χ2n) is 2.41. The maximum Gasteiger partial charge on any atom is 0.220 e. The van der Waals surface area contributed by atoms with E-state index in [4.69, 9.17) is 0 Å². The second-order valence-corrected chi connectivity index (χ2v) is 2.41. The van der Waals surface area contributed by atoms with Crippen molar-refractivity contribution in [3.8, 4) is 11.8 Å². The van der Waals surface area contributed by atoms with Crippen LogP contribution in [0.2, 0.25) is 0 Å². The fourth-order valence-electron chi connectivity index (χ4n) is 0.745. The van der Waals surface area contributed by atoms with Crippen molar-refractivity contribution in [1.29, 1.82) is 0 Å². The summed E-state index contributed by atoms with van der Waals surface area (Å²) >= 11 is 0. The highest BCUT2D eigenvalue weighted by Gasteiger charge is 1.96. The van der Waals surface area contributed by atoms with Gasteiger partial charge in [-0.25, -0.2) is 0 Å². The normalized spacial score (nSPS) is 8.50. The molecule has 0 aromatic rings. The van der Waals surface area contributed by atoms with E-state index < -0.39 is 0 Å². The minimum Gasteiger partial charge on any atom is -0.345 e. The van der Waals surface area contributed by atoms with E-state index in [1.54, 1.807) is 6.92 Å². The SMILES string of the molecule is CC#CCNC(=O)CCCNC. The average Bonchev–Trinajstić information content (AvgIpc) is 2.06. The molecule has 0 aromatic carbocycles. The predicted molar refractivity (Wildman–Crippen MR) is 49.6 cm³/mol. The van der Waals surface area contributed by atoms with Crippen molar-refractivity contribution in [2.45, 2.75) is 19.8 Å². The van der Waals surface area contributed by atoms with Gasteiger partial charge in [-0.1, -0.05) is 5.92 Å². The van der Waals surface area contributed by atoms with Gasteiger partial charge in [-0.2, -0.15) is 0 Å². The number of rotatable bonds is 5. The number of amides is 1. The Balaban J connectivity index is 3.25. The van der Waals surface area contributed by atoms with Crippen LogP contribution in [0.15, 0.2) is 0 Å². The van der Waals surface area contributed by atoms with Gasteiger partial charge in [-0.3, -0.25) is 4.79 Å². The molecule has 0 aliphatic heterocycles. The molecule has 0 aliphatic rings. The van der Waals surface area contributed by atoms with Crippen molar-refractivity contribution in [3.63, 3.8) is 0 Å². The summed E-state index contributed by atoms with van der Waals surface area (Å²) in [7, 11) is 1.88. The topological polar surface area (TPSA) is 41.1 Å². The van der Waals surface area contributed by atoms with Crippen molar-refractivity contribution in [2.24, 2.45) is 0 Å². The molecular formula is C9H16N2O. The first-order valence-corrected chi connectivity index (χ1v) is 4.12. The van der Waals surface area contributed by atoms with Gasteiger partial charge in [-0.15, -0.1) is 5.92 Å². The van der Waals surface area contributed by atoms with E-state index in [1.807, 2.05) is 7.05 Å². The minimum absolute atomic E-state index is 0.0769. The Morgan fingerprint density at radius 3 is 2.83 bits per heavy atom. The van der Waals surface area contributed by atoms with Crippen LogP contribution in [0.3, 0.4) is 0 Å². The summed E-state index contributed by atoms with van der Waals surface area (Å²) in [4.78, 5) is 11.0. The number of hydrogen-bond donors (Lipinski definition) is 2. The molecule has 0 heterocycles. The molecule has 0 bridgehead atoms. The van der Waals surface area contributed by atoms with Gasteiger partial charge in [0.15, 0.2) is 0 Å². The van der Waals surface area contributed by atoms with Crippen LogP contribution in [0.25, 0.3) is 0 Å². The third kappa shape index (κ3) is 7.10. The van der Waals surface area contributed by atoms with Gasteiger partial charge >= 0.3 is 0 Å². The van der Waals surface area contributed by atoms with Crippen LogP contribution in [0.5, 0.6) is 0 Å². The van der Waals surface area contributed by atoms with Crippen LogP contribution >= 0.6 is 0 Å². The summed E-state index contributed by atoms with van der Waals surface area (Å²) in [6.45, 7) is 3.11. The van der Waals surface area contributed by atoms with E-state index in [9.17, 15) is 4.79 Å². The van der Waals surface area contributed by atoms with Gasteiger partial charge in [0.1, 0.15) is 0 Å². The summed E-state index contributed by atoms with van der Waals surface area (Å²) in [6.07, 6.45) is 1.45. The third-order valence-corrected chi connectivity index (χ3v) is 1.38. The Morgan fingerprint density at radius 2 is 2.25 bits per heavy atom. The highest BCUT2D eigenvalue weighted by Crippen LogP contribution is 1.85. The Morgan fingerprint density at radius 1 is 1.50 bits per heavy atom. The number of nitrogens with one attached hydrogen (secondary N) is 2. The minimum atomic E-state index is 0.0769. The molecule has 0 atom stereocenters. The quantitative estimate of drug-likeness (QED) is 0.452. The molecule has 0 aromatic heterocycles. The van der Waals surface area contributed by atoms with Crippen LogP contribution < -0.4 is 10.6 Å². The van der Waals surface area contributed by atoms with Crippen molar-refractivity contribution in [3.05, 3.63) is 0 Å². The maximum atomic E-state index is 11.0. The summed E-state index contributed by atoms with van der Waals surface area (Å²) in [5.41, 5.74) is 0. The lowest BCUT2D eigenvalue weighted by Gasteiger charge is -2.00. The van der Waals surface area contributed by atoms with E-state index in [-0.39, 0.29) is 5.91 Å². The summed E-state index contributed by atoms with van der Waals surface area (Å²) in [6, 6.07) is 0. The Bertz CT molecular complexity index is 179. The number of carbonyl (C=O) groups excluding carboxylic acids is 1. The summed E-state index contributed by atoms with van der Waals surface area (Å²) in [5, 5.41) is 5.68. The molecule has 3 heteroatoms. The van der Waals surface area contributed by atoms with Crippen molar-refractivity contribution in [2.75, 3.05) is 20.1 Å². The molecule has 0 spiro atoms. The highest BCUT2D eigenvalue weighted by molar-refractivity contribution is 5.76. The van der Waals surface area contributed by atoms with Gasteiger partial charge in [-0.05, 0) is 26.9 Å². The molecule has 2 N–H and O–H groups in total. The standard InChI is InChI=1S/C9H16N2O/c1-3-4-8-11-9(12)6-5-7-10-2/h10H,5-8H2,1-2H3,(H,11,12). The van der Waals surface area contributed by atoms with Crippen LogP contribution in [-0.2, 0) is 4.79 Å². The van der Waals surface area contributed by atoms with Crippen LogP contribution in [0.1, 0.15) is 19.8 Å². The second kappa shape index (κ2) is 8.09. The first kappa shape index (κ1) is 11.0. The maximum absolute atomic E-state index is 11.0. The Kier molecular flexibility index (Phi) is 7.41. The molecule has 0 saturated carbocycles. The lowest BCUT2D eigenvalue weighted by atomic mass is 10.3. The van der Waals surface area contributed by atoms with E-state index in [2.05, 4.69) is 22.5 Å². The van der Waals surface area contributed by atoms with Crippen molar-refractivity contribution < 1.29 is 4.79 Å². The largest absolute Gasteiger partial charge is 0.345 e. The molecule has 0 aliphatic carbocycles. The number of hydrogen-bond acceptors (Lipinski definition) is 2. The van der Waals surface area contributed by atoms with Crippen molar-refractivity contribution in [1.82, 2.24) is 10.6 Å². The molecule has 0 saturated heterocycles. The number of carbonyl (C=O) groups is 1. The zero-order valence-electron chi connectivity index (χ0n) is 7.74. The van der Waals surface area contributed by atoms with E-state index in [0.717, 1.165) is 13.0 Å². The molecule has 0 unspecified atom stereocenters. The first-order valence-electron chi connectivity index (χ1n) is 4.12. The molecule has 0 rings (SSSR count). The summed E-state index contributed by atoms with van der Waals surface area (Å²) < 4.78 is 0. The van der Waals surface area contributed by atoms with Gasteiger partial charge in [0, 0.05) is 6.42 Å². The zero-order valence-corrected chi connectivity index (χ0v) is 7.74. The fourth-order valence-corrected chi connectivity index (χ4v) is 0.745. The van der Waals surface area contributed by atoms with Crippen molar-refractivity contribution >= 4 is 5.91 Å². The smallest absolute Gasteiger partial charge is 0.220 e. The zero-order chi connectivity index (χ0) is 9.23. The molecule has 68 valence electrons. The molecule has 0 radical (unpaired) electrons. The fraction of sp³-hybridized carbons (Fsp3) is 0.667. The first-order chi connectivity index (χ1) is 5.81. The molecule has 1 amide bonds. The van der Waals surface area contributed by atoms with Gasteiger partial charge in [0.25, 0.3) is 0 Å². The molecule has 3 nitrogen and oxygen atoms in total. The lowest BCUT2D eigenvalue weighted by molar-refractivity contribution is -0.120. The Hall–Kier alpha value is -1.01. The molecule has 0 fully saturated rings. The molecular weight excluding hydrogens is 152 g/mol. The van der Waals surface area contributed by atoms with Crippen LogP contribution in [0, 0.1) is 11.8 Å². The molecule has 12 heavy (non-hydrogen) atoms. The van der Waals surface area contributed by atoms with Gasteiger partial charge in [0.05, 0.1) is 6.54 Å². The van der Waals surface area contributed by atoms with E-state index in [0.29, 0.717) is 13.0 Å². The van der Waals surface area contributed by atoms with Gasteiger partial charge < -0.3 is 10.6 Å². The highest BCUT2D eigenvalue weighted by atomic mass is 16.1. The van der Waals surface area contributed by atoms with E-state index in [1.165, 1.54) is 0 Å². The average molecular weight is 168 g/mol. The van der Waals surface area contributed by atoms with E-state index >= 15 is 0 Å². The van der Waals surface area contributed by atoms with Crippen LogP contribution in [0.4, 0.5) is 0 Å². The summed E-state index contributed by atoms with van der Waals surface area (Å²) in [5.74, 6) is 5.56. The monoisotopic (exact) mass is 168 g/mol. The van der Waals surface area contributed by atoms with Gasteiger partial charge in [0.2, 0.25) is 5.91 Å². The predicted octanol–water partition coefficient (Wildman–Crippen LogP) is 0.126. The Labute approximate surface area is 73.9 Å². The third-order valence-electron chi connectivity index (χ3n) is 1.38. The van der Waals surface area contributed by atoms with Crippen LogP contribution in [-0.4, -0.2) is 26.0 Å².